The van der Waals surface area contributed by atoms with Crippen molar-refractivity contribution in [1.29, 1.82) is 0 Å². The Balaban J connectivity index is 1.54. The summed E-state index contributed by atoms with van der Waals surface area (Å²) in [7, 11) is 0. The number of aromatic nitrogens is 3. The molecule has 0 spiro atoms. The predicted octanol–water partition coefficient (Wildman–Crippen LogP) is 1.67. The molecule has 2 saturated heterocycles. The molecule has 2 aliphatic heterocycles. The molecule has 3 N–H and O–H groups in total. The first-order chi connectivity index (χ1) is 9.85. The minimum absolute atomic E-state index is 0.685. The maximum Gasteiger partial charge on any atom is 0.244 e. The lowest BCUT2D eigenvalue weighted by Crippen LogP contribution is -2.36. The molecule has 3 rings (SSSR count). The Labute approximate surface area is 125 Å². The molecule has 112 valence electrons. The van der Waals surface area contributed by atoms with Crippen LogP contribution in [0.2, 0.25) is 0 Å². The van der Waals surface area contributed by atoms with Crippen molar-refractivity contribution in [2.45, 2.75) is 32.1 Å². The fourth-order valence-corrected chi connectivity index (χ4v) is 4.31. The molecule has 5 nitrogen and oxygen atoms in total. The highest BCUT2D eigenvalue weighted by Gasteiger charge is 2.22. The number of rotatable bonds is 4. The molecular formula is C14H25N5S. The average Bonchev–Trinajstić information content (AvgIpc) is 2.97. The van der Waals surface area contributed by atoms with Gasteiger partial charge < -0.3 is 10.6 Å². The van der Waals surface area contributed by atoms with Gasteiger partial charge >= 0.3 is 0 Å². The molecule has 0 saturated carbocycles. The fraction of sp³-hybridized carbons (Fsp3) is 0.857. The fourth-order valence-electron chi connectivity index (χ4n) is 3.11. The van der Waals surface area contributed by atoms with Gasteiger partial charge in [0.25, 0.3) is 0 Å². The Hall–Kier alpha value is -0.750. The maximum absolute atomic E-state index is 5.74. The van der Waals surface area contributed by atoms with E-state index in [9.17, 15) is 0 Å². The molecule has 0 aliphatic carbocycles. The molecule has 0 aromatic carbocycles. The SMILES string of the molecule is NCC1CCN(c2n[nH]c(CC3CCSCC3)n2)CC1. The Morgan fingerprint density at radius 1 is 1.15 bits per heavy atom. The smallest absolute Gasteiger partial charge is 0.244 e. The number of hydrogen-bond acceptors (Lipinski definition) is 5. The van der Waals surface area contributed by atoms with E-state index in [4.69, 9.17) is 10.7 Å². The first-order valence-corrected chi connectivity index (χ1v) is 8.94. The van der Waals surface area contributed by atoms with E-state index in [-0.39, 0.29) is 0 Å². The summed E-state index contributed by atoms with van der Waals surface area (Å²) >= 11 is 2.07. The molecule has 0 unspecified atom stereocenters. The molecule has 0 atom stereocenters. The van der Waals surface area contributed by atoms with Gasteiger partial charge in [-0.3, -0.25) is 5.10 Å². The van der Waals surface area contributed by atoms with Gasteiger partial charge in [-0.1, -0.05) is 0 Å². The Kier molecular flexibility index (Phi) is 4.83. The average molecular weight is 295 g/mol. The highest BCUT2D eigenvalue weighted by molar-refractivity contribution is 7.99. The highest BCUT2D eigenvalue weighted by Crippen LogP contribution is 2.26. The standard InChI is InChI=1S/C14H25N5S/c15-10-12-1-5-19(6-2-12)14-16-13(17-18-14)9-11-3-7-20-8-4-11/h11-12H,1-10,15H2,(H,16,17,18). The van der Waals surface area contributed by atoms with E-state index < -0.39 is 0 Å². The van der Waals surface area contributed by atoms with Crippen molar-refractivity contribution in [1.82, 2.24) is 15.2 Å². The van der Waals surface area contributed by atoms with Crippen molar-refractivity contribution in [2.75, 3.05) is 36.0 Å². The molecular weight excluding hydrogens is 270 g/mol. The lowest BCUT2D eigenvalue weighted by molar-refractivity contribution is 0.411. The number of thioether (sulfide) groups is 1. The van der Waals surface area contributed by atoms with Crippen LogP contribution < -0.4 is 10.6 Å². The number of nitrogens with one attached hydrogen (secondary N) is 1. The number of anilines is 1. The lowest BCUT2D eigenvalue weighted by atomic mass is 9.97. The summed E-state index contributed by atoms with van der Waals surface area (Å²) < 4.78 is 0. The van der Waals surface area contributed by atoms with E-state index in [2.05, 4.69) is 26.9 Å². The summed E-state index contributed by atoms with van der Waals surface area (Å²) in [6.45, 7) is 2.89. The molecule has 2 aliphatic rings. The number of nitrogens with zero attached hydrogens (tertiary/aromatic N) is 3. The van der Waals surface area contributed by atoms with Crippen LogP contribution in [0.1, 0.15) is 31.5 Å². The normalized spacial score (nSPS) is 22.4. The molecule has 0 amide bonds. The topological polar surface area (TPSA) is 70.8 Å². The van der Waals surface area contributed by atoms with E-state index in [1.54, 1.807) is 0 Å². The number of piperidine rings is 1. The van der Waals surface area contributed by atoms with Crippen molar-refractivity contribution in [2.24, 2.45) is 17.6 Å². The van der Waals surface area contributed by atoms with Crippen molar-refractivity contribution in [3.8, 4) is 0 Å². The zero-order chi connectivity index (χ0) is 13.8. The van der Waals surface area contributed by atoms with Gasteiger partial charge in [-0.05, 0) is 55.6 Å². The van der Waals surface area contributed by atoms with E-state index in [0.717, 1.165) is 43.7 Å². The van der Waals surface area contributed by atoms with Crippen LogP contribution in [-0.4, -0.2) is 46.3 Å². The van der Waals surface area contributed by atoms with E-state index >= 15 is 0 Å². The van der Waals surface area contributed by atoms with Gasteiger partial charge in [-0.2, -0.15) is 16.7 Å². The highest BCUT2D eigenvalue weighted by atomic mass is 32.2. The lowest BCUT2D eigenvalue weighted by Gasteiger charge is -2.30. The number of hydrogen-bond donors (Lipinski definition) is 2. The zero-order valence-electron chi connectivity index (χ0n) is 12.1. The van der Waals surface area contributed by atoms with Crippen LogP contribution >= 0.6 is 11.8 Å². The molecule has 20 heavy (non-hydrogen) atoms. The van der Waals surface area contributed by atoms with Gasteiger partial charge in [0.05, 0.1) is 0 Å². The Morgan fingerprint density at radius 2 is 1.90 bits per heavy atom. The molecule has 1 aromatic rings. The van der Waals surface area contributed by atoms with E-state index in [0.29, 0.717) is 5.92 Å². The third-order valence-corrected chi connectivity index (χ3v) is 5.62. The summed E-state index contributed by atoms with van der Waals surface area (Å²) in [4.78, 5) is 6.99. The van der Waals surface area contributed by atoms with Crippen molar-refractivity contribution in [3.05, 3.63) is 5.82 Å². The van der Waals surface area contributed by atoms with Crippen LogP contribution in [0.25, 0.3) is 0 Å². The summed E-state index contributed by atoms with van der Waals surface area (Å²) in [5.74, 6) is 6.04. The van der Waals surface area contributed by atoms with Crippen LogP contribution in [0, 0.1) is 11.8 Å². The van der Waals surface area contributed by atoms with Crippen LogP contribution in [0.4, 0.5) is 5.95 Å². The minimum Gasteiger partial charge on any atom is -0.340 e. The number of nitrogens with two attached hydrogens (primary N) is 1. The van der Waals surface area contributed by atoms with Crippen LogP contribution in [0.15, 0.2) is 0 Å². The summed E-state index contributed by atoms with van der Waals surface area (Å²) in [6, 6.07) is 0. The summed E-state index contributed by atoms with van der Waals surface area (Å²) in [6.07, 6.45) is 6.04. The number of H-pyrrole nitrogens is 1. The maximum atomic E-state index is 5.74. The molecule has 6 heteroatoms. The van der Waals surface area contributed by atoms with Gasteiger partial charge in [-0.25, -0.2) is 0 Å². The second-order valence-corrected chi connectivity index (χ2v) is 7.23. The van der Waals surface area contributed by atoms with Crippen molar-refractivity contribution >= 4 is 17.7 Å². The Bertz CT molecular complexity index is 407. The van der Waals surface area contributed by atoms with Gasteiger partial charge in [0.15, 0.2) is 0 Å². The first kappa shape index (κ1) is 14.2. The molecule has 1 aromatic heterocycles. The predicted molar refractivity (Wildman–Crippen MR) is 84.1 cm³/mol. The molecule has 0 bridgehead atoms. The van der Waals surface area contributed by atoms with Gasteiger partial charge in [0.2, 0.25) is 5.95 Å². The van der Waals surface area contributed by atoms with Crippen LogP contribution in [0.5, 0.6) is 0 Å². The first-order valence-electron chi connectivity index (χ1n) is 7.79. The Morgan fingerprint density at radius 3 is 2.60 bits per heavy atom. The molecule has 2 fully saturated rings. The minimum atomic E-state index is 0.685. The van der Waals surface area contributed by atoms with Crippen molar-refractivity contribution in [3.63, 3.8) is 0 Å². The third kappa shape index (κ3) is 3.47. The van der Waals surface area contributed by atoms with Crippen LogP contribution in [0.3, 0.4) is 0 Å². The number of aromatic amines is 1. The van der Waals surface area contributed by atoms with E-state index in [1.807, 2.05) is 0 Å². The second-order valence-electron chi connectivity index (χ2n) is 6.01. The van der Waals surface area contributed by atoms with Gasteiger partial charge in [0, 0.05) is 19.5 Å². The van der Waals surface area contributed by atoms with Gasteiger partial charge in [0.1, 0.15) is 5.82 Å². The molecule has 0 radical (unpaired) electrons. The second kappa shape index (κ2) is 6.80. The van der Waals surface area contributed by atoms with Crippen molar-refractivity contribution < 1.29 is 0 Å². The van der Waals surface area contributed by atoms with Gasteiger partial charge in [-0.15, -0.1) is 5.10 Å². The zero-order valence-corrected chi connectivity index (χ0v) is 12.9. The summed E-state index contributed by atoms with van der Waals surface area (Å²) in [5.41, 5.74) is 5.74. The largest absolute Gasteiger partial charge is 0.340 e. The van der Waals surface area contributed by atoms with E-state index in [1.165, 1.54) is 37.2 Å². The molecule has 3 heterocycles. The summed E-state index contributed by atoms with van der Waals surface area (Å²) in [5, 5.41) is 7.55. The monoisotopic (exact) mass is 295 g/mol. The third-order valence-electron chi connectivity index (χ3n) is 4.57. The quantitative estimate of drug-likeness (QED) is 0.884. The van der Waals surface area contributed by atoms with Crippen LogP contribution in [-0.2, 0) is 6.42 Å².